The first-order valence-electron chi connectivity index (χ1n) is 4.48. The minimum Gasteiger partial charge on any atom is -0.272 e. The number of aromatic amines is 1. The van der Waals surface area contributed by atoms with Gasteiger partial charge in [-0.25, -0.2) is 0 Å². The Kier molecular flexibility index (Phi) is 2.72. The Hall–Kier alpha value is -1.76. The molecule has 7 heteroatoms. The van der Waals surface area contributed by atoms with E-state index in [0.717, 1.165) is 12.1 Å². The summed E-state index contributed by atoms with van der Waals surface area (Å²) in [7, 11) is 0. The first-order valence-corrected chi connectivity index (χ1v) is 4.89. The molecule has 2 rings (SSSR count). The van der Waals surface area contributed by atoms with E-state index in [1.165, 1.54) is 11.0 Å². The number of hydrogen-bond donors (Lipinski definition) is 1. The maximum Gasteiger partial charge on any atom is 0.216 e. The molecule has 0 aliphatic heterocycles. The molecule has 0 aromatic carbocycles. The summed E-state index contributed by atoms with van der Waals surface area (Å²) >= 11 is 4.94. The summed E-state index contributed by atoms with van der Waals surface area (Å²) in [5, 5.41) is 14.6. The third-order valence-electron chi connectivity index (χ3n) is 1.84. The van der Waals surface area contributed by atoms with Crippen molar-refractivity contribution in [3.63, 3.8) is 0 Å². The number of hydrogen-bond acceptors (Lipinski definition) is 4. The van der Waals surface area contributed by atoms with E-state index in [-0.39, 0.29) is 0 Å². The Balaban J connectivity index is 2.18. The quantitative estimate of drug-likeness (QED) is 0.623. The van der Waals surface area contributed by atoms with Gasteiger partial charge in [0.1, 0.15) is 6.33 Å². The van der Waals surface area contributed by atoms with Gasteiger partial charge in [-0.15, -0.1) is 0 Å². The lowest BCUT2D eigenvalue weighted by Crippen LogP contribution is -1.92. The van der Waals surface area contributed by atoms with Crippen LogP contribution in [0.1, 0.15) is 12.5 Å². The third kappa shape index (κ3) is 2.18. The maximum absolute atomic E-state index is 4.94. The van der Waals surface area contributed by atoms with Gasteiger partial charge in [0, 0.05) is 18.3 Å². The van der Waals surface area contributed by atoms with Crippen molar-refractivity contribution in [2.45, 2.75) is 13.5 Å². The molecule has 0 bridgehead atoms. The molecule has 78 valence electrons. The van der Waals surface area contributed by atoms with Gasteiger partial charge in [0.25, 0.3) is 0 Å². The van der Waals surface area contributed by atoms with Crippen LogP contribution in [0.15, 0.2) is 23.8 Å². The standard InChI is InChI=1S/C8H10N6S/c1-2-13-5-7(3-10-13)4-11-14-6-9-12-8(14)15/h3-6H,2H2,1H3,(H,12,15). The van der Waals surface area contributed by atoms with Gasteiger partial charge in [-0.2, -0.15) is 20.0 Å². The van der Waals surface area contributed by atoms with Crippen LogP contribution >= 0.6 is 12.2 Å². The molecular formula is C8H10N6S. The molecule has 0 atom stereocenters. The van der Waals surface area contributed by atoms with Gasteiger partial charge in [0.05, 0.1) is 12.4 Å². The smallest absolute Gasteiger partial charge is 0.216 e. The average Bonchev–Trinajstić information content (AvgIpc) is 2.84. The molecule has 0 fully saturated rings. The SMILES string of the molecule is CCn1cc(C=Nn2cn[nH]c2=S)cn1. The summed E-state index contributed by atoms with van der Waals surface area (Å²) in [6.07, 6.45) is 6.86. The molecule has 0 unspecified atom stereocenters. The zero-order chi connectivity index (χ0) is 10.7. The number of nitrogens with zero attached hydrogens (tertiary/aromatic N) is 5. The van der Waals surface area contributed by atoms with E-state index in [2.05, 4.69) is 20.4 Å². The van der Waals surface area contributed by atoms with Crippen LogP contribution in [0.3, 0.4) is 0 Å². The Labute approximate surface area is 91.2 Å². The monoisotopic (exact) mass is 222 g/mol. The van der Waals surface area contributed by atoms with Gasteiger partial charge in [0.15, 0.2) is 0 Å². The first kappa shape index (κ1) is 9.78. The van der Waals surface area contributed by atoms with E-state index < -0.39 is 0 Å². The van der Waals surface area contributed by atoms with Crippen molar-refractivity contribution in [3.8, 4) is 0 Å². The largest absolute Gasteiger partial charge is 0.272 e. The molecule has 0 amide bonds. The number of nitrogens with one attached hydrogen (secondary N) is 1. The van der Waals surface area contributed by atoms with Crippen molar-refractivity contribution >= 4 is 18.4 Å². The fraction of sp³-hybridized carbons (Fsp3) is 0.250. The molecule has 0 saturated carbocycles. The second-order valence-electron chi connectivity index (χ2n) is 2.88. The molecule has 6 nitrogen and oxygen atoms in total. The fourth-order valence-electron chi connectivity index (χ4n) is 1.07. The van der Waals surface area contributed by atoms with Crippen LogP contribution in [0, 0.1) is 4.77 Å². The summed E-state index contributed by atoms with van der Waals surface area (Å²) in [6.45, 7) is 2.87. The second-order valence-corrected chi connectivity index (χ2v) is 3.27. The van der Waals surface area contributed by atoms with E-state index in [0.29, 0.717) is 4.77 Å². The topological polar surface area (TPSA) is 63.8 Å². The highest BCUT2D eigenvalue weighted by Crippen LogP contribution is 1.94. The number of rotatable bonds is 3. The van der Waals surface area contributed by atoms with Crippen molar-refractivity contribution in [3.05, 3.63) is 29.1 Å². The van der Waals surface area contributed by atoms with Gasteiger partial charge in [-0.1, -0.05) is 0 Å². The van der Waals surface area contributed by atoms with Crippen molar-refractivity contribution in [2.24, 2.45) is 5.10 Å². The van der Waals surface area contributed by atoms with Crippen LogP contribution < -0.4 is 0 Å². The normalized spacial score (nSPS) is 11.3. The third-order valence-corrected chi connectivity index (χ3v) is 2.12. The van der Waals surface area contributed by atoms with Crippen LogP contribution in [0.5, 0.6) is 0 Å². The molecule has 15 heavy (non-hydrogen) atoms. The second kappa shape index (κ2) is 4.18. The van der Waals surface area contributed by atoms with Crippen LogP contribution in [0.25, 0.3) is 0 Å². The minimum atomic E-state index is 0.467. The van der Waals surface area contributed by atoms with E-state index >= 15 is 0 Å². The Morgan fingerprint density at radius 1 is 1.67 bits per heavy atom. The first-order chi connectivity index (χ1) is 7.29. The Morgan fingerprint density at radius 3 is 3.13 bits per heavy atom. The zero-order valence-electron chi connectivity index (χ0n) is 8.16. The zero-order valence-corrected chi connectivity index (χ0v) is 8.98. The van der Waals surface area contributed by atoms with Crippen LogP contribution in [-0.2, 0) is 6.54 Å². The highest BCUT2D eigenvalue weighted by Gasteiger charge is 1.93. The van der Waals surface area contributed by atoms with Crippen LogP contribution in [0.2, 0.25) is 0 Å². The minimum absolute atomic E-state index is 0.467. The van der Waals surface area contributed by atoms with Gasteiger partial charge < -0.3 is 0 Å². The predicted molar refractivity (Wildman–Crippen MR) is 58.3 cm³/mol. The highest BCUT2D eigenvalue weighted by atomic mass is 32.1. The van der Waals surface area contributed by atoms with E-state index in [1.54, 1.807) is 12.4 Å². The molecule has 0 radical (unpaired) electrons. The van der Waals surface area contributed by atoms with E-state index in [4.69, 9.17) is 12.2 Å². The summed E-state index contributed by atoms with van der Waals surface area (Å²) < 4.78 is 3.78. The van der Waals surface area contributed by atoms with Gasteiger partial charge >= 0.3 is 0 Å². The Bertz CT molecular complexity index is 519. The Morgan fingerprint density at radius 2 is 2.53 bits per heavy atom. The molecule has 2 heterocycles. The molecular weight excluding hydrogens is 212 g/mol. The average molecular weight is 222 g/mol. The van der Waals surface area contributed by atoms with Gasteiger partial charge in [-0.3, -0.25) is 9.78 Å². The number of H-pyrrole nitrogens is 1. The van der Waals surface area contributed by atoms with Crippen molar-refractivity contribution in [1.82, 2.24) is 24.7 Å². The lowest BCUT2D eigenvalue weighted by atomic mass is 10.4. The molecule has 2 aromatic rings. The fourth-order valence-corrected chi connectivity index (χ4v) is 1.22. The lowest BCUT2D eigenvalue weighted by molar-refractivity contribution is 0.660. The number of aryl methyl sites for hydroxylation is 1. The molecule has 2 aromatic heterocycles. The summed E-state index contributed by atoms with van der Waals surface area (Å²) in [5.74, 6) is 0. The highest BCUT2D eigenvalue weighted by molar-refractivity contribution is 7.71. The van der Waals surface area contributed by atoms with E-state index in [9.17, 15) is 0 Å². The molecule has 0 saturated heterocycles. The van der Waals surface area contributed by atoms with Crippen molar-refractivity contribution < 1.29 is 0 Å². The summed E-state index contributed by atoms with van der Waals surface area (Å²) in [4.78, 5) is 0. The van der Waals surface area contributed by atoms with E-state index in [1.807, 2.05) is 17.8 Å². The predicted octanol–water partition coefficient (Wildman–Crippen LogP) is 1.04. The summed E-state index contributed by atoms with van der Waals surface area (Å²) in [6, 6.07) is 0. The number of aromatic nitrogens is 5. The van der Waals surface area contributed by atoms with Crippen LogP contribution in [-0.4, -0.2) is 30.9 Å². The van der Waals surface area contributed by atoms with Crippen molar-refractivity contribution in [2.75, 3.05) is 0 Å². The molecule has 0 spiro atoms. The molecule has 0 aliphatic carbocycles. The van der Waals surface area contributed by atoms with Gasteiger partial charge in [0.2, 0.25) is 4.77 Å². The molecule has 1 N–H and O–H groups in total. The molecule has 0 aliphatic rings. The van der Waals surface area contributed by atoms with Gasteiger partial charge in [-0.05, 0) is 19.1 Å². The lowest BCUT2D eigenvalue weighted by Gasteiger charge is -1.89. The summed E-state index contributed by atoms with van der Waals surface area (Å²) in [5.41, 5.74) is 0.931. The van der Waals surface area contributed by atoms with Crippen LogP contribution in [0.4, 0.5) is 0 Å². The van der Waals surface area contributed by atoms with Crippen molar-refractivity contribution in [1.29, 1.82) is 0 Å². The maximum atomic E-state index is 4.94.